The number of nitrogens with zero attached hydrogens (tertiary/aromatic N) is 1. The van der Waals surface area contributed by atoms with Gasteiger partial charge in [-0.1, -0.05) is 38.2 Å². The maximum Gasteiger partial charge on any atom is 0.0711 e. The standard InChI is InChI=1S/C12H19N/c1-2-4-7-11(8-5-3-1)12-9-6-10-13-12/h6,9-12H,1-5,7-8H2. The molecule has 1 fully saturated rings. The molecular formula is C12H19N. The highest BCUT2D eigenvalue weighted by atomic mass is 14.8. The second-order valence-corrected chi connectivity index (χ2v) is 4.28. The molecule has 1 unspecified atom stereocenters. The molecule has 1 heteroatoms. The van der Waals surface area contributed by atoms with E-state index >= 15 is 0 Å². The van der Waals surface area contributed by atoms with Crippen LogP contribution in [-0.4, -0.2) is 12.3 Å². The summed E-state index contributed by atoms with van der Waals surface area (Å²) < 4.78 is 0. The fourth-order valence-corrected chi connectivity index (χ4v) is 2.47. The van der Waals surface area contributed by atoms with E-state index in [1.165, 1.54) is 44.9 Å². The first-order chi connectivity index (χ1) is 6.47. The van der Waals surface area contributed by atoms with Gasteiger partial charge in [-0.25, -0.2) is 0 Å². The molecule has 0 saturated heterocycles. The summed E-state index contributed by atoms with van der Waals surface area (Å²) in [6.45, 7) is 0. The molecule has 0 aromatic carbocycles. The molecule has 1 aliphatic carbocycles. The minimum absolute atomic E-state index is 0.526. The minimum atomic E-state index is 0.526. The smallest absolute Gasteiger partial charge is 0.0711 e. The molecule has 1 aliphatic heterocycles. The van der Waals surface area contributed by atoms with E-state index in [9.17, 15) is 0 Å². The Morgan fingerprint density at radius 2 is 1.62 bits per heavy atom. The molecule has 1 atom stereocenters. The number of hydrogen-bond donors (Lipinski definition) is 0. The summed E-state index contributed by atoms with van der Waals surface area (Å²) in [5.41, 5.74) is 0. The lowest BCUT2D eigenvalue weighted by Gasteiger charge is -2.22. The van der Waals surface area contributed by atoms with Crippen LogP contribution in [0.2, 0.25) is 0 Å². The predicted octanol–water partition coefficient (Wildman–Crippen LogP) is 3.36. The fraction of sp³-hybridized carbons (Fsp3) is 0.750. The van der Waals surface area contributed by atoms with Gasteiger partial charge in [0.25, 0.3) is 0 Å². The predicted molar refractivity (Wildman–Crippen MR) is 57.2 cm³/mol. The Hall–Kier alpha value is -0.590. The minimum Gasteiger partial charge on any atom is -0.285 e. The first-order valence-corrected chi connectivity index (χ1v) is 5.67. The van der Waals surface area contributed by atoms with Crippen LogP contribution in [0, 0.1) is 5.92 Å². The summed E-state index contributed by atoms with van der Waals surface area (Å²) in [4.78, 5) is 4.50. The summed E-state index contributed by atoms with van der Waals surface area (Å²) in [6, 6.07) is 0.526. The van der Waals surface area contributed by atoms with Gasteiger partial charge in [-0.3, -0.25) is 4.99 Å². The molecule has 1 saturated carbocycles. The van der Waals surface area contributed by atoms with Gasteiger partial charge in [0.2, 0.25) is 0 Å². The Morgan fingerprint density at radius 3 is 2.23 bits per heavy atom. The van der Waals surface area contributed by atoms with Crippen molar-refractivity contribution in [2.75, 3.05) is 0 Å². The van der Waals surface area contributed by atoms with Crippen LogP contribution >= 0.6 is 0 Å². The molecule has 0 aromatic heterocycles. The molecular weight excluding hydrogens is 158 g/mol. The van der Waals surface area contributed by atoms with Crippen LogP contribution in [0.25, 0.3) is 0 Å². The van der Waals surface area contributed by atoms with E-state index in [1.54, 1.807) is 0 Å². The van der Waals surface area contributed by atoms with Gasteiger partial charge in [0.05, 0.1) is 6.04 Å². The second-order valence-electron chi connectivity index (χ2n) is 4.28. The molecule has 1 heterocycles. The molecule has 0 aromatic rings. The Bertz CT molecular complexity index is 185. The Kier molecular flexibility index (Phi) is 3.17. The molecule has 2 rings (SSSR count). The van der Waals surface area contributed by atoms with Crippen molar-refractivity contribution in [1.29, 1.82) is 0 Å². The molecule has 0 bridgehead atoms. The Balaban J connectivity index is 1.88. The van der Waals surface area contributed by atoms with Crippen LogP contribution < -0.4 is 0 Å². The highest BCUT2D eigenvalue weighted by molar-refractivity contribution is 5.74. The van der Waals surface area contributed by atoms with E-state index in [0.717, 1.165) is 5.92 Å². The topological polar surface area (TPSA) is 12.4 Å². The first-order valence-electron chi connectivity index (χ1n) is 5.67. The van der Waals surface area contributed by atoms with Gasteiger partial charge in [0.1, 0.15) is 0 Å². The lowest BCUT2D eigenvalue weighted by molar-refractivity contribution is 0.355. The van der Waals surface area contributed by atoms with E-state index in [-0.39, 0.29) is 0 Å². The van der Waals surface area contributed by atoms with Crippen LogP contribution in [0.5, 0.6) is 0 Å². The molecule has 0 spiro atoms. The quantitative estimate of drug-likeness (QED) is 0.582. The van der Waals surface area contributed by atoms with Crippen molar-refractivity contribution in [3.05, 3.63) is 12.2 Å². The Labute approximate surface area is 80.9 Å². The summed E-state index contributed by atoms with van der Waals surface area (Å²) in [5.74, 6) is 0.843. The maximum absolute atomic E-state index is 4.50. The van der Waals surface area contributed by atoms with Gasteiger partial charge in [-0.15, -0.1) is 0 Å². The van der Waals surface area contributed by atoms with Crippen molar-refractivity contribution in [2.45, 2.75) is 51.0 Å². The average molecular weight is 177 g/mol. The Morgan fingerprint density at radius 1 is 0.923 bits per heavy atom. The number of aliphatic imine (C=N–C) groups is 1. The van der Waals surface area contributed by atoms with Crippen LogP contribution in [0.4, 0.5) is 0 Å². The lowest BCUT2D eigenvalue weighted by atomic mass is 9.86. The third-order valence-electron chi connectivity index (χ3n) is 3.29. The van der Waals surface area contributed by atoms with Crippen molar-refractivity contribution < 1.29 is 0 Å². The monoisotopic (exact) mass is 177 g/mol. The molecule has 0 radical (unpaired) electrons. The van der Waals surface area contributed by atoms with Crippen LogP contribution in [0.3, 0.4) is 0 Å². The molecule has 2 aliphatic rings. The zero-order valence-electron chi connectivity index (χ0n) is 8.28. The van der Waals surface area contributed by atoms with Gasteiger partial charge in [0.15, 0.2) is 0 Å². The van der Waals surface area contributed by atoms with E-state index in [1.807, 2.05) is 6.21 Å². The normalized spacial score (nSPS) is 30.3. The SMILES string of the molecule is C1=CC(C2CCCCCCC2)N=C1. The largest absolute Gasteiger partial charge is 0.285 e. The zero-order valence-corrected chi connectivity index (χ0v) is 8.28. The summed E-state index contributed by atoms with van der Waals surface area (Å²) >= 11 is 0. The summed E-state index contributed by atoms with van der Waals surface area (Å²) in [7, 11) is 0. The maximum atomic E-state index is 4.50. The molecule has 0 N–H and O–H groups in total. The van der Waals surface area contributed by atoms with E-state index in [2.05, 4.69) is 17.1 Å². The van der Waals surface area contributed by atoms with Gasteiger partial charge in [-0.2, -0.15) is 0 Å². The van der Waals surface area contributed by atoms with Crippen molar-refractivity contribution in [1.82, 2.24) is 0 Å². The van der Waals surface area contributed by atoms with Gasteiger partial charge < -0.3 is 0 Å². The third-order valence-corrected chi connectivity index (χ3v) is 3.29. The van der Waals surface area contributed by atoms with E-state index < -0.39 is 0 Å². The molecule has 13 heavy (non-hydrogen) atoms. The van der Waals surface area contributed by atoms with Crippen molar-refractivity contribution >= 4 is 6.21 Å². The highest BCUT2D eigenvalue weighted by Gasteiger charge is 2.19. The van der Waals surface area contributed by atoms with Crippen LogP contribution in [0.1, 0.15) is 44.9 Å². The van der Waals surface area contributed by atoms with Crippen molar-refractivity contribution in [3.8, 4) is 0 Å². The molecule has 72 valence electrons. The highest BCUT2D eigenvalue weighted by Crippen LogP contribution is 2.27. The van der Waals surface area contributed by atoms with Crippen LogP contribution in [0.15, 0.2) is 17.1 Å². The summed E-state index contributed by atoms with van der Waals surface area (Å²) in [6.07, 6.45) is 16.3. The summed E-state index contributed by atoms with van der Waals surface area (Å²) in [5, 5.41) is 0. The first kappa shape index (κ1) is 8.98. The molecule has 0 amide bonds. The fourth-order valence-electron chi connectivity index (χ4n) is 2.47. The number of allylic oxidation sites excluding steroid dienone is 1. The number of rotatable bonds is 1. The van der Waals surface area contributed by atoms with Gasteiger partial charge >= 0.3 is 0 Å². The van der Waals surface area contributed by atoms with E-state index in [0.29, 0.717) is 6.04 Å². The number of hydrogen-bond acceptors (Lipinski definition) is 1. The lowest BCUT2D eigenvalue weighted by Crippen LogP contribution is -2.16. The average Bonchev–Trinajstić information content (AvgIpc) is 2.55. The van der Waals surface area contributed by atoms with Gasteiger partial charge in [-0.05, 0) is 24.8 Å². The van der Waals surface area contributed by atoms with Crippen molar-refractivity contribution in [3.63, 3.8) is 0 Å². The zero-order chi connectivity index (χ0) is 8.93. The van der Waals surface area contributed by atoms with Gasteiger partial charge in [0, 0.05) is 6.21 Å². The van der Waals surface area contributed by atoms with E-state index in [4.69, 9.17) is 0 Å². The third kappa shape index (κ3) is 2.43. The van der Waals surface area contributed by atoms with Crippen molar-refractivity contribution in [2.24, 2.45) is 10.9 Å². The molecule has 1 nitrogen and oxygen atoms in total. The van der Waals surface area contributed by atoms with Crippen LogP contribution in [-0.2, 0) is 0 Å². The second kappa shape index (κ2) is 4.59.